The van der Waals surface area contributed by atoms with E-state index in [0.717, 1.165) is 0 Å². The summed E-state index contributed by atoms with van der Waals surface area (Å²) in [6.45, 7) is -1.35. The molecule has 0 radical (unpaired) electrons. The van der Waals surface area contributed by atoms with Crippen molar-refractivity contribution >= 4 is 32.6 Å². The number of halogens is 2. The molecule has 0 unspecified atom stereocenters. The number of carbonyl (C=O) groups is 1. The molecule has 1 aliphatic rings. The highest BCUT2D eigenvalue weighted by molar-refractivity contribution is 7.22. The van der Waals surface area contributed by atoms with Crippen LogP contribution in [0, 0.1) is 0 Å². The summed E-state index contributed by atoms with van der Waals surface area (Å²) < 4.78 is 37.2. The van der Waals surface area contributed by atoms with Gasteiger partial charge in [-0.1, -0.05) is 17.4 Å². The average Bonchev–Trinajstić information content (AvgIpc) is 3.18. The topological polar surface area (TPSA) is 78.3 Å². The highest BCUT2D eigenvalue weighted by atomic mass is 32.1. The van der Waals surface area contributed by atoms with E-state index in [1.54, 1.807) is 18.3 Å². The minimum Gasteiger partial charge on any atom is -0.432 e. The summed E-state index contributed by atoms with van der Waals surface area (Å²) in [4.78, 5) is 20.8. The Morgan fingerprint density at radius 2 is 2.28 bits per heavy atom. The number of rotatable bonds is 4. The van der Waals surface area contributed by atoms with Gasteiger partial charge in [-0.3, -0.25) is 10.1 Å². The predicted molar refractivity (Wildman–Crippen MR) is 86.1 cm³/mol. The van der Waals surface area contributed by atoms with Gasteiger partial charge in [-0.2, -0.15) is 8.78 Å². The van der Waals surface area contributed by atoms with Gasteiger partial charge >= 0.3 is 6.61 Å². The highest BCUT2D eigenvalue weighted by Gasteiger charge is 2.19. The first-order valence-corrected chi connectivity index (χ1v) is 8.21. The fraction of sp³-hybridized carbons (Fsp3) is 0.267. The molecule has 7 nitrogen and oxygen atoms in total. The molecule has 3 aromatic rings. The zero-order valence-electron chi connectivity index (χ0n) is 12.7. The van der Waals surface area contributed by atoms with Crippen LogP contribution in [0.3, 0.4) is 0 Å². The summed E-state index contributed by atoms with van der Waals surface area (Å²) in [6, 6.07) is 4.71. The zero-order valence-corrected chi connectivity index (χ0v) is 13.6. The molecule has 1 N–H and O–H groups in total. The molecule has 130 valence electrons. The van der Waals surface area contributed by atoms with E-state index in [1.165, 1.54) is 17.4 Å². The molecule has 0 spiro atoms. The summed E-state index contributed by atoms with van der Waals surface area (Å²) >= 11 is 1.17. The van der Waals surface area contributed by atoms with Gasteiger partial charge in [-0.25, -0.2) is 9.97 Å². The van der Waals surface area contributed by atoms with Crippen molar-refractivity contribution in [1.29, 1.82) is 0 Å². The SMILES string of the molecule is O=C(Nc1nc2c(OC(F)F)cccc2s1)c1cn2c(n1)COCC2. The Hall–Kier alpha value is -2.59. The molecular formula is C15H12F2N4O3S. The first-order valence-electron chi connectivity index (χ1n) is 7.39. The number of thiazole rings is 1. The molecule has 0 fully saturated rings. The Bertz CT molecular complexity index is 917. The number of nitrogens with zero attached hydrogens (tertiary/aromatic N) is 3. The molecule has 2 aromatic heterocycles. The van der Waals surface area contributed by atoms with Crippen LogP contribution >= 0.6 is 11.3 Å². The predicted octanol–water partition coefficient (Wildman–Crippen LogP) is 2.88. The van der Waals surface area contributed by atoms with E-state index in [-0.39, 0.29) is 22.1 Å². The number of amides is 1. The van der Waals surface area contributed by atoms with Crippen molar-refractivity contribution in [1.82, 2.24) is 14.5 Å². The largest absolute Gasteiger partial charge is 0.432 e. The summed E-state index contributed by atoms with van der Waals surface area (Å²) in [7, 11) is 0. The van der Waals surface area contributed by atoms with Crippen LogP contribution in [-0.4, -0.2) is 33.7 Å². The number of hydrogen-bond donors (Lipinski definition) is 1. The summed E-state index contributed by atoms with van der Waals surface area (Å²) in [5.41, 5.74) is 0.532. The second kappa shape index (κ2) is 6.37. The maximum atomic E-state index is 12.5. The lowest BCUT2D eigenvalue weighted by molar-refractivity contribution is -0.0489. The molecule has 0 atom stereocenters. The number of benzene rings is 1. The van der Waals surface area contributed by atoms with Gasteiger partial charge in [0.1, 0.15) is 23.6 Å². The normalized spacial score (nSPS) is 13.9. The van der Waals surface area contributed by atoms with Gasteiger partial charge in [0.2, 0.25) is 0 Å². The second-order valence-corrected chi connectivity index (χ2v) is 6.27. The first kappa shape index (κ1) is 15.9. The number of anilines is 1. The molecular weight excluding hydrogens is 354 g/mol. The molecule has 25 heavy (non-hydrogen) atoms. The Morgan fingerprint density at radius 3 is 3.08 bits per heavy atom. The van der Waals surface area contributed by atoms with E-state index >= 15 is 0 Å². The lowest BCUT2D eigenvalue weighted by atomic mass is 10.3. The van der Waals surface area contributed by atoms with Gasteiger partial charge in [-0.05, 0) is 12.1 Å². The monoisotopic (exact) mass is 366 g/mol. The molecule has 10 heteroatoms. The molecule has 1 aromatic carbocycles. The lowest BCUT2D eigenvalue weighted by Crippen LogP contribution is -2.15. The third kappa shape index (κ3) is 3.17. The van der Waals surface area contributed by atoms with Crippen molar-refractivity contribution in [3.05, 3.63) is 35.9 Å². The van der Waals surface area contributed by atoms with Crippen LogP contribution in [0.25, 0.3) is 10.2 Å². The van der Waals surface area contributed by atoms with Crippen LogP contribution in [0.4, 0.5) is 13.9 Å². The Kier molecular flexibility index (Phi) is 4.06. The third-order valence-electron chi connectivity index (χ3n) is 3.62. The molecule has 1 aliphatic heterocycles. The molecule has 0 bridgehead atoms. The third-order valence-corrected chi connectivity index (χ3v) is 4.55. The fourth-order valence-corrected chi connectivity index (χ4v) is 3.41. The maximum Gasteiger partial charge on any atom is 0.387 e. The summed E-state index contributed by atoms with van der Waals surface area (Å²) in [5, 5.41) is 2.93. The minimum atomic E-state index is -2.94. The number of alkyl halides is 2. The molecule has 0 saturated carbocycles. The Morgan fingerprint density at radius 1 is 1.40 bits per heavy atom. The van der Waals surface area contributed by atoms with E-state index < -0.39 is 12.5 Å². The Labute approximate surface area is 144 Å². The number of carbonyl (C=O) groups excluding carboxylic acids is 1. The van der Waals surface area contributed by atoms with Crippen LogP contribution in [0.2, 0.25) is 0 Å². The summed E-state index contributed by atoms with van der Waals surface area (Å²) in [6.07, 6.45) is 1.66. The standard InChI is InChI=1S/C15H12F2N4O3S/c16-14(17)24-9-2-1-3-10-12(9)19-15(25-10)20-13(22)8-6-21-4-5-23-7-11(21)18-8/h1-3,6,14H,4-5,7H2,(H,19,20,22). The van der Waals surface area contributed by atoms with Crippen molar-refractivity contribution in [2.75, 3.05) is 11.9 Å². The van der Waals surface area contributed by atoms with Crippen molar-refractivity contribution in [3.8, 4) is 5.75 Å². The number of imidazole rings is 1. The van der Waals surface area contributed by atoms with Crippen LogP contribution in [0.5, 0.6) is 5.75 Å². The van der Waals surface area contributed by atoms with Crippen molar-refractivity contribution < 1.29 is 23.0 Å². The number of ether oxygens (including phenoxy) is 2. The van der Waals surface area contributed by atoms with Crippen molar-refractivity contribution in [3.63, 3.8) is 0 Å². The molecule has 0 saturated heterocycles. The molecule has 4 rings (SSSR count). The van der Waals surface area contributed by atoms with Crippen LogP contribution in [-0.2, 0) is 17.9 Å². The van der Waals surface area contributed by atoms with Crippen LogP contribution < -0.4 is 10.1 Å². The van der Waals surface area contributed by atoms with E-state index in [2.05, 4.69) is 20.0 Å². The van der Waals surface area contributed by atoms with Crippen molar-refractivity contribution in [2.24, 2.45) is 0 Å². The van der Waals surface area contributed by atoms with E-state index in [9.17, 15) is 13.6 Å². The van der Waals surface area contributed by atoms with E-state index in [0.29, 0.717) is 30.3 Å². The smallest absolute Gasteiger partial charge is 0.387 e. The van der Waals surface area contributed by atoms with Crippen LogP contribution in [0.15, 0.2) is 24.4 Å². The lowest BCUT2D eigenvalue weighted by Gasteiger charge is -2.13. The quantitative estimate of drug-likeness (QED) is 0.768. The van der Waals surface area contributed by atoms with Gasteiger partial charge in [0.25, 0.3) is 5.91 Å². The van der Waals surface area contributed by atoms with E-state index in [1.807, 2.05) is 4.57 Å². The van der Waals surface area contributed by atoms with Crippen molar-refractivity contribution in [2.45, 2.75) is 19.8 Å². The average molecular weight is 366 g/mol. The maximum absolute atomic E-state index is 12.5. The second-order valence-electron chi connectivity index (χ2n) is 5.24. The van der Waals surface area contributed by atoms with Crippen LogP contribution in [0.1, 0.15) is 16.3 Å². The zero-order chi connectivity index (χ0) is 17.4. The van der Waals surface area contributed by atoms with E-state index in [4.69, 9.17) is 4.74 Å². The van der Waals surface area contributed by atoms with Gasteiger partial charge in [0.05, 0.1) is 11.3 Å². The highest BCUT2D eigenvalue weighted by Crippen LogP contribution is 2.33. The first-order chi connectivity index (χ1) is 12.1. The number of fused-ring (bicyclic) bond motifs is 2. The number of nitrogens with one attached hydrogen (secondary N) is 1. The summed E-state index contributed by atoms with van der Waals surface area (Å²) in [5.74, 6) is 0.240. The van der Waals surface area contributed by atoms with Gasteiger partial charge < -0.3 is 14.0 Å². The number of para-hydroxylation sites is 1. The molecule has 3 heterocycles. The van der Waals surface area contributed by atoms with Gasteiger partial charge in [0, 0.05) is 12.7 Å². The Balaban J connectivity index is 1.58. The minimum absolute atomic E-state index is 0.0288. The fourth-order valence-electron chi connectivity index (χ4n) is 2.53. The number of hydrogen-bond acceptors (Lipinski definition) is 6. The molecule has 1 amide bonds. The molecule has 0 aliphatic carbocycles. The van der Waals surface area contributed by atoms with Gasteiger partial charge in [0.15, 0.2) is 10.9 Å². The number of aromatic nitrogens is 3. The van der Waals surface area contributed by atoms with Gasteiger partial charge in [-0.15, -0.1) is 0 Å².